The minimum absolute atomic E-state index is 0.0915. The van der Waals surface area contributed by atoms with Crippen LogP contribution in [-0.2, 0) is 0 Å². The monoisotopic (exact) mass is 378 g/mol. The Morgan fingerprint density at radius 3 is 2.41 bits per heavy atom. The molecule has 3 nitrogen and oxygen atoms in total. The fourth-order valence-corrected chi connectivity index (χ4v) is 4.71. The van der Waals surface area contributed by atoms with Crippen LogP contribution in [0.15, 0.2) is 83.3 Å². The van der Waals surface area contributed by atoms with Gasteiger partial charge in [-0.3, -0.25) is 0 Å². The number of hydrogen-bond donors (Lipinski definition) is 1. The van der Waals surface area contributed by atoms with Crippen LogP contribution in [0.3, 0.4) is 0 Å². The van der Waals surface area contributed by atoms with Crippen LogP contribution in [0.4, 0.5) is 11.4 Å². The van der Waals surface area contributed by atoms with Crippen molar-refractivity contribution in [2.45, 2.75) is 26.1 Å². The Bertz CT molecular complexity index is 1380. The second-order valence-electron chi connectivity index (χ2n) is 8.08. The molecule has 4 aromatic carbocycles. The summed E-state index contributed by atoms with van der Waals surface area (Å²) in [5, 5.41) is 8.70. The Morgan fingerprint density at radius 2 is 1.55 bits per heavy atom. The van der Waals surface area contributed by atoms with Crippen molar-refractivity contribution in [3.8, 4) is 0 Å². The largest absolute Gasteiger partial charge is 0.456 e. The fourth-order valence-electron chi connectivity index (χ4n) is 4.71. The standard InChI is InChI=1S/C26H22N2O/c1-16(2)28-22-13-11-17-7-3-4-8-19(17)25(22)27-26(28)18-12-14-24-21(15-18)20-9-5-6-10-23(20)29-24/h3-16,26-27H,1-2H3. The van der Waals surface area contributed by atoms with Gasteiger partial charge in [-0.15, -0.1) is 0 Å². The van der Waals surface area contributed by atoms with E-state index in [1.165, 1.54) is 38.5 Å². The predicted molar refractivity (Wildman–Crippen MR) is 122 cm³/mol. The third-order valence-corrected chi connectivity index (χ3v) is 6.02. The van der Waals surface area contributed by atoms with Gasteiger partial charge in [-0.1, -0.05) is 54.6 Å². The molecular weight excluding hydrogens is 356 g/mol. The molecule has 6 rings (SSSR count). The van der Waals surface area contributed by atoms with Gasteiger partial charge < -0.3 is 14.6 Å². The van der Waals surface area contributed by atoms with E-state index >= 15 is 0 Å². The van der Waals surface area contributed by atoms with Crippen LogP contribution in [0.5, 0.6) is 0 Å². The number of fused-ring (bicyclic) bond motifs is 6. The highest BCUT2D eigenvalue weighted by Crippen LogP contribution is 2.46. The summed E-state index contributed by atoms with van der Waals surface area (Å²) in [6.45, 7) is 4.51. The maximum absolute atomic E-state index is 6.03. The summed E-state index contributed by atoms with van der Waals surface area (Å²) in [4.78, 5) is 2.48. The highest BCUT2D eigenvalue weighted by molar-refractivity contribution is 6.06. The van der Waals surface area contributed by atoms with Crippen molar-refractivity contribution in [3.05, 3.63) is 84.4 Å². The maximum atomic E-state index is 6.03. The first-order chi connectivity index (χ1) is 14.2. The molecule has 0 saturated carbocycles. The fraction of sp³-hybridized carbons (Fsp3) is 0.154. The molecule has 0 fully saturated rings. The van der Waals surface area contributed by atoms with Crippen LogP contribution in [0.25, 0.3) is 32.7 Å². The van der Waals surface area contributed by atoms with Gasteiger partial charge >= 0.3 is 0 Å². The number of para-hydroxylation sites is 1. The van der Waals surface area contributed by atoms with E-state index in [1.807, 2.05) is 12.1 Å². The molecule has 1 atom stereocenters. The molecule has 3 heteroatoms. The van der Waals surface area contributed by atoms with Gasteiger partial charge in [0.1, 0.15) is 17.3 Å². The van der Waals surface area contributed by atoms with Gasteiger partial charge in [0.15, 0.2) is 0 Å². The first-order valence-corrected chi connectivity index (χ1v) is 10.2. The van der Waals surface area contributed by atoms with E-state index in [-0.39, 0.29) is 6.17 Å². The Morgan fingerprint density at radius 1 is 0.793 bits per heavy atom. The number of nitrogens with one attached hydrogen (secondary N) is 1. The molecule has 0 aliphatic carbocycles. The normalized spacial score (nSPS) is 16.1. The van der Waals surface area contributed by atoms with Crippen LogP contribution < -0.4 is 10.2 Å². The molecule has 29 heavy (non-hydrogen) atoms. The van der Waals surface area contributed by atoms with Crippen molar-refractivity contribution in [2.75, 3.05) is 10.2 Å². The topological polar surface area (TPSA) is 28.4 Å². The first-order valence-electron chi connectivity index (χ1n) is 10.2. The molecule has 0 radical (unpaired) electrons. The van der Waals surface area contributed by atoms with Crippen LogP contribution in [-0.4, -0.2) is 6.04 Å². The molecule has 0 amide bonds. The van der Waals surface area contributed by atoms with E-state index in [4.69, 9.17) is 4.42 Å². The molecule has 5 aromatic rings. The van der Waals surface area contributed by atoms with Gasteiger partial charge in [0.25, 0.3) is 0 Å². The number of rotatable bonds is 2. The third kappa shape index (κ3) is 2.37. The van der Waals surface area contributed by atoms with Gasteiger partial charge in [-0.05, 0) is 49.1 Å². The Kier molecular flexibility index (Phi) is 3.42. The average molecular weight is 378 g/mol. The van der Waals surface area contributed by atoms with Crippen LogP contribution in [0.2, 0.25) is 0 Å². The van der Waals surface area contributed by atoms with E-state index < -0.39 is 0 Å². The van der Waals surface area contributed by atoms with Gasteiger partial charge in [0, 0.05) is 22.2 Å². The van der Waals surface area contributed by atoms with E-state index in [0.717, 1.165) is 11.2 Å². The minimum atomic E-state index is 0.0915. The summed E-state index contributed by atoms with van der Waals surface area (Å²) < 4.78 is 6.03. The molecule has 1 aliphatic heterocycles. The number of anilines is 2. The molecule has 0 spiro atoms. The van der Waals surface area contributed by atoms with E-state index in [9.17, 15) is 0 Å². The molecule has 1 aliphatic rings. The van der Waals surface area contributed by atoms with Crippen LogP contribution >= 0.6 is 0 Å². The lowest BCUT2D eigenvalue weighted by molar-refractivity contribution is 0.628. The van der Waals surface area contributed by atoms with Gasteiger partial charge in [-0.25, -0.2) is 0 Å². The quantitative estimate of drug-likeness (QED) is 0.356. The lowest BCUT2D eigenvalue weighted by atomic mass is 10.1. The molecule has 1 aromatic heterocycles. The second-order valence-corrected chi connectivity index (χ2v) is 8.08. The van der Waals surface area contributed by atoms with Crippen molar-refractivity contribution in [2.24, 2.45) is 0 Å². The maximum Gasteiger partial charge on any atom is 0.135 e. The number of benzene rings is 4. The molecule has 0 saturated heterocycles. The second kappa shape index (κ2) is 6.02. The zero-order valence-electron chi connectivity index (χ0n) is 16.5. The summed E-state index contributed by atoms with van der Waals surface area (Å²) in [5.41, 5.74) is 5.61. The van der Waals surface area contributed by atoms with Gasteiger partial charge in [0.2, 0.25) is 0 Å². The summed E-state index contributed by atoms with van der Waals surface area (Å²) in [7, 11) is 0. The number of hydrogen-bond acceptors (Lipinski definition) is 3. The molecule has 1 N–H and O–H groups in total. The van der Waals surface area contributed by atoms with Crippen molar-refractivity contribution in [1.82, 2.24) is 0 Å². The Balaban J connectivity index is 1.54. The zero-order chi connectivity index (χ0) is 19.5. The smallest absolute Gasteiger partial charge is 0.135 e. The first kappa shape index (κ1) is 16.5. The lowest BCUT2D eigenvalue weighted by Crippen LogP contribution is -2.34. The SMILES string of the molecule is CC(C)N1c2ccc3ccccc3c2NC1c1ccc2oc3ccccc3c2c1. The van der Waals surface area contributed by atoms with Crippen molar-refractivity contribution in [1.29, 1.82) is 0 Å². The molecular formula is C26H22N2O. The highest BCUT2D eigenvalue weighted by atomic mass is 16.3. The number of furan rings is 1. The molecule has 2 heterocycles. The average Bonchev–Trinajstić information content (AvgIpc) is 3.32. The molecule has 1 unspecified atom stereocenters. The van der Waals surface area contributed by atoms with Gasteiger partial charge in [-0.2, -0.15) is 0 Å². The highest BCUT2D eigenvalue weighted by Gasteiger charge is 2.33. The van der Waals surface area contributed by atoms with Gasteiger partial charge in [0.05, 0.1) is 11.4 Å². The summed E-state index contributed by atoms with van der Waals surface area (Å²) in [6, 6.07) is 28.2. The molecule has 142 valence electrons. The Hall–Kier alpha value is -3.46. The summed E-state index contributed by atoms with van der Waals surface area (Å²) in [5.74, 6) is 0. The van der Waals surface area contributed by atoms with Crippen molar-refractivity contribution < 1.29 is 4.42 Å². The predicted octanol–water partition coefficient (Wildman–Crippen LogP) is 7.08. The van der Waals surface area contributed by atoms with E-state index in [2.05, 4.69) is 90.8 Å². The lowest BCUT2D eigenvalue weighted by Gasteiger charge is -2.31. The zero-order valence-corrected chi connectivity index (χ0v) is 16.5. The molecule has 0 bridgehead atoms. The Labute approximate surface area is 169 Å². The van der Waals surface area contributed by atoms with Crippen molar-refractivity contribution >= 4 is 44.1 Å². The number of nitrogens with zero attached hydrogens (tertiary/aromatic N) is 1. The summed E-state index contributed by atoms with van der Waals surface area (Å²) in [6.07, 6.45) is 0.0915. The van der Waals surface area contributed by atoms with E-state index in [1.54, 1.807) is 0 Å². The minimum Gasteiger partial charge on any atom is -0.456 e. The van der Waals surface area contributed by atoms with Crippen LogP contribution in [0, 0.1) is 0 Å². The third-order valence-electron chi connectivity index (χ3n) is 6.02. The van der Waals surface area contributed by atoms with E-state index in [0.29, 0.717) is 6.04 Å². The van der Waals surface area contributed by atoms with Crippen molar-refractivity contribution in [3.63, 3.8) is 0 Å². The van der Waals surface area contributed by atoms with Crippen LogP contribution in [0.1, 0.15) is 25.6 Å². The summed E-state index contributed by atoms with van der Waals surface area (Å²) >= 11 is 0.